The molecule has 0 radical (unpaired) electrons. The van der Waals surface area contributed by atoms with E-state index in [9.17, 15) is 9.59 Å². The first-order chi connectivity index (χ1) is 8.49. The van der Waals surface area contributed by atoms with Crippen molar-refractivity contribution in [3.05, 3.63) is 23.8 Å². The Morgan fingerprint density at radius 1 is 1.33 bits per heavy atom. The Balaban J connectivity index is 3.01. The van der Waals surface area contributed by atoms with Crippen molar-refractivity contribution in [1.29, 1.82) is 0 Å². The summed E-state index contributed by atoms with van der Waals surface area (Å²) in [5.41, 5.74) is 5.77. The Morgan fingerprint density at radius 3 is 2.50 bits per heavy atom. The van der Waals surface area contributed by atoms with E-state index in [4.69, 9.17) is 20.3 Å². The van der Waals surface area contributed by atoms with Crippen molar-refractivity contribution in [1.82, 2.24) is 0 Å². The molecule has 3 N–H and O–H groups in total. The summed E-state index contributed by atoms with van der Waals surface area (Å²) in [4.78, 5) is 22.5. The van der Waals surface area contributed by atoms with Gasteiger partial charge in [-0.25, -0.2) is 0 Å². The Labute approximate surface area is 104 Å². The van der Waals surface area contributed by atoms with E-state index >= 15 is 0 Å². The van der Waals surface area contributed by atoms with Crippen LogP contribution in [-0.4, -0.2) is 37.1 Å². The first kappa shape index (κ1) is 14.0. The minimum absolute atomic E-state index is 0.243. The second-order valence-corrected chi connectivity index (χ2v) is 3.63. The summed E-state index contributed by atoms with van der Waals surface area (Å²) in [6.45, 7) is 0. The van der Waals surface area contributed by atoms with E-state index in [1.165, 1.54) is 20.3 Å². The quantitative estimate of drug-likeness (QED) is 0.723. The molecule has 0 saturated carbocycles. The van der Waals surface area contributed by atoms with Crippen molar-refractivity contribution >= 4 is 11.8 Å². The number of ether oxygens (including phenoxy) is 2. The average molecular weight is 253 g/mol. The summed E-state index contributed by atoms with van der Waals surface area (Å²) in [7, 11) is 2.90. The van der Waals surface area contributed by atoms with Crippen LogP contribution in [0.5, 0.6) is 11.5 Å². The van der Waals surface area contributed by atoms with E-state index in [-0.39, 0.29) is 5.56 Å². The molecule has 0 spiro atoms. The van der Waals surface area contributed by atoms with Crippen molar-refractivity contribution in [2.24, 2.45) is 5.73 Å². The standard InChI is InChI=1S/C12H15NO5/c1-17-7-3-4-8(10(5-7)18-2)12(16)9(13)6-11(14)15/h3-5,9H,6,13H2,1-2H3,(H,14,15). The summed E-state index contributed by atoms with van der Waals surface area (Å²) in [6, 6.07) is 3.54. The number of aliphatic carboxylic acids is 1. The van der Waals surface area contributed by atoms with Gasteiger partial charge in [0.1, 0.15) is 11.5 Å². The molecule has 1 unspecified atom stereocenters. The van der Waals surface area contributed by atoms with E-state index in [1.807, 2.05) is 0 Å². The predicted octanol–water partition coefficient (Wildman–Crippen LogP) is 0.688. The van der Waals surface area contributed by atoms with Gasteiger partial charge in [-0.2, -0.15) is 0 Å². The fourth-order valence-corrected chi connectivity index (χ4v) is 1.48. The summed E-state index contributed by atoms with van der Waals surface area (Å²) in [5.74, 6) is -0.754. The van der Waals surface area contributed by atoms with Gasteiger partial charge in [-0.1, -0.05) is 0 Å². The van der Waals surface area contributed by atoms with Gasteiger partial charge in [0.25, 0.3) is 0 Å². The van der Waals surface area contributed by atoms with E-state index in [0.717, 1.165) is 0 Å². The largest absolute Gasteiger partial charge is 0.497 e. The van der Waals surface area contributed by atoms with Crippen LogP contribution in [0.2, 0.25) is 0 Å². The van der Waals surface area contributed by atoms with Crippen LogP contribution in [0.25, 0.3) is 0 Å². The molecule has 0 fully saturated rings. The van der Waals surface area contributed by atoms with E-state index in [0.29, 0.717) is 11.5 Å². The van der Waals surface area contributed by atoms with Crippen LogP contribution in [0.4, 0.5) is 0 Å². The number of carbonyl (C=O) groups excluding carboxylic acids is 1. The van der Waals surface area contributed by atoms with Gasteiger partial charge in [-0.3, -0.25) is 9.59 Å². The number of carboxylic acid groups (broad SMARTS) is 1. The maximum atomic E-state index is 12.0. The molecule has 0 aliphatic rings. The molecular formula is C12H15NO5. The molecule has 6 nitrogen and oxygen atoms in total. The topological polar surface area (TPSA) is 98.9 Å². The van der Waals surface area contributed by atoms with Crippen LogP contribution < -0.4 is 15.2 Å². The lowest BCUT2D eigenvalue weighted by atomic mass is 10.0. The molecule has 1 aromatic rings. The molecule has 1 aromatic carbocycles. The molecule has 98 valence electrons. The zero-order valence-electron chi connectivity index (χ0n) is 10.2. The van der Waals surface area contributed by atoms with Gasteiger partial charge in [-0.05, 0) is 12.1 Å². The van der Waals surface area contributed by atoms with Crippen LogP contribution in [0.1, 0.15) is 16.8 Å². The van der Waals surface area contributed by atoms with Gasteiger partial charge in [0.2, 0.25) is 0 Å². The predicted molar refractivity (Wildman–Crippen MR) is 64.1 cm³/mol. The fourth-order valence-electron chi connectivity index (χ4n) is 1.48. The van der Waals surface area contributed by atoms with Gasteiger partial charge < -0.3 is 20.3 Å². The zero-order chi connectivity index (χ0) is 13.7. The van der Waals surface area contributed by atoms with Crippen LogP contribution in [0.15, 0.2) is 18.2 Å². The summed E-state index contributed by atoms with van der Waals surface area (Å²) in [5, 5.41) is 8.60. The molecule has 1 rings (SSSR count). The fraction of sp³-hybridized carbons (Fsp3) is 0.333. The Hall–Kier alpha value is -2.08. The lowest BCUT2D eigenvalue weighted by Crippen LogP contribution is -2.33. The second-order valence-electron chi connectivity index (χ2n) is 3.63. The van der Waals surface area contributed by atoms with Gasteiger partial charge in [0, 0.05) is 6.07 Å². The number of benzene rings is 1. The van der Waals surface area contributed by atoms with Crippen LogP contribution >= 0.6 is 0 Å². The van der Waals surface area contributed by atoms with Crippen molar-refractivity contribution in [3.8, 4) is 11.5 Å². The van der Waals surface area contributed by atoms with Crippen molar-refractivity contribution in [2.45, 2.75) is 12.5 Å². The molecule has 0 amide bonds. The molecule has 0 aliphatic heterocycles. The van der Waals surface area contributed by atoms with Gasteiger partial charge in [0.15, 0.2) is 5.78 Å². The van der Waals surface area contributed by atoms with Crippen molar-refractivity contribution in [2.75, 3.05) is 14.2 Å². The number of hydrogen-bond donors (Lipinski definition) is 2. The summed E-state index contributed by atoms with van der Waals surface area (Å²) in [6.07, 6.45) is -0.423. The first-order valence-corrected chi connectivity index (χ1v) is 5.23. The van der Waals surface area contributed by atoms with E-state index in [1.54, 1.807) is 12.1 Å². The number of nitrogens with two attached hydrogens (primary N) is 1. The number of carbonyl (C=O) groups is 2. The third-order valence-corrected chi connectivity index (χ3v) is 2.41. The Bertz CT molecular complexity index is 458. The molecule has 0 saturated heterocycles. The molecule has 0 aliphatic carbocycles. The summed E-state index contributed by atoms with van der Waals surface area (Å²) >= 11 is 0. The van der Waals surface area contributed by atoms with Gasteiger partial charge in [0.05, 0.1) is 32.2 Å². The normalized spacial score (nSPS) is 11.7. The highest BCUT2D eigenvalue weighted by Crippen LogP contribution is 2.25. The lowest BCUT2D eigenvalue weighted by molar-refractivity contribution is -0.137. The maximum absolute atomic E-state index is 12.0. The number of Topliss-reactive ketones (excluding diaryl/α,β-unsaturated/α-hetero) is 1. The Kier molecular flexibility index (Phi) is 4.67. The number of rotatable bonds is 6. The number of ketones is 1. The maximum Gasteiger partial charge on any atom is 0.305 e. The van der Waals surface area contributed by atoms with Crippen LogP contribution in [-0.2, 0) is 4.79 Å². The number of carboxylic acids is 1. The van der Waals surface area contributed by atoms with Crippen molar-refractivity contribution in [3.63, 3.8) is 0 Å². The first-order valence-electron chi connectivity index (χ1n) is 5.23. The summed E-state index contributed by atoms with van der Waals surface area (Å²) < 4.78 is 10.1. The second kappa shape index (κ2) is 6.02. The monoisotopic (exact) mass is 253 g/mol. The third kappa shape index (κ3) is 3.21. The molecule has 18 heavy (non-hydrogen) atoms. The lowest BCUT2D eigenvalue weighted by Gasteiger charge is -2.12. The number of methoxy groups -OCH3 is 2. The SMILES string of the molecule is COc1ccc(C(=O)C(N)CC(=O)O)c(OC)c1. The number of hydrogen-bond acceptors (Lipinski definition) is 5. The van der Waals surface area contributed by atoms with E-state index < -0.39 is 24.2 Å². The molecule has 0 bridgehead atoms. The highest BCUT2D eigenvalue weighted by Gasteiger charge is 2.22. The molecule has 0 heterocycles. The van der Waals surface area contributed by atoms with Crippen LogP contribution in [0, 0.1) is 0 Å². The molecular weight excluding hydrogens is 238 g/mol. The zero-order valence-corrected chi connectivity index (χ0v) is 10.2. The highest BCUT2D eigenvalue weighted by atomic mass is 16.5. The van der Waals surface area contributed by atoms with Gasteiger partial charge in [-0.15, -0.1) is 0 Å². The highest BCUT2D eigenvalue weighted by molar-refractivity contribution is 6.03. The third-order valence-electron chi connectivity index (χ3n) is 2.41. The molecule has 0 aromatic heterocycles. The average Bonchev–Trinajstić information content (AvgIpc) is 2.36. The minimum Gasteiger partial charge on any atom is -0.497 e. The van der Waals surface area contributed by atoms with Crippen molar-refractivity contribution < 1.29 is 24.2 Å². The molecule has 1 atom stereocenters. The Morgan fingerprint density at radius 2 is 2.00 bits per heavy atom. The van der Waals surface area contributed by atoms with Gasteiger partial charge >= 0.3 is 5.97 Å². The minimum atomic E-state index is -1.12. The van der Waals surface area contributed by atoms with E-state index in [2.05, 4.69) is 0 Å². The molecule has 6 heteroatoms. The smallest absolute Gasteiger partial charge is 0.305 e. The van der Waals surface area contributed by atoms with Crippen LogP contribution in [0.3, 0.4) is 0 Å².